The molecule has 0 saturated carbocycles. The number of hydrogen-bond acceptors (Lipinski definition) is 1. The van der Waals surface area contributed by atoms with Gasteiger partial charge in [0.2, 0.25) is 0 Å². The van der Waals surface area contributed by atoms with Crippen LogP contribution in [0.2, 0.25) is 0 Å². The molecule has 63 valence electrons. The fourth-order valence-electron chi connectivity index (χ4n) is 1.25. The molecule has 0 unspecified atom stereocenters. The zero-order chi connectivity index (χ0) is 9.10. The number of rotatable bonds is 1. The molecule has 0 saturated heterocycles. The molecular formula is C12H10N. The van der Waals surface area contributed by atoms with Gasteiger partial charge in [-0.05, 0) is 29.3 Å². The Kier molecular flexibility index (Phi) is 2.01. The van der Waals surface area contributed by atoms with E-state index in [4.69, 9.17) is 5.73 Å². The van der Waals surface area contributed by atoms with Crippen LogP contribution in [0.5, 0.6) is 0 Å². The van der Waals surface area contributed by atoms with Crippen molar-refractivity contribution in [1.29, 1.82) is 0 Å². The van der Waals surface area contributed by atoms with Gasteiger partial charge < -0.3 is 5.73 Å². The predicted octanol–water partition coefficient (Wildman–Crippen LogP) is 2.74. The van der Waals surface area contributed by atoms with Gasteiger partial charge in [0.25, 0.3) is 0 Å². The van der Waals surface area contributed by atoms with Crippen LogP contribution in [0.1, 0.15) is 0 Å². The lowest BCUT2D eigenvalue weighted by atomic mass is 10.1. The monoisotopic (exact) mass is 168 g/mol. The summed E-state index contributed by atoms with van der Waals surface area (Å²) in [5, 5.41) is 0. The summed E-state index contributed by atoms with van der Waals surface area (Å²) in [6.07, 6.45) is 0. The van der Waals surface area contributed by atoms with E-state index in [0.717, 1.165) is 5.69 Å². The molecule has 2 aromatic carbocycles. The van der Waals surface area contributed by atoms with Crippen LogP contribution in [0.25, 0.3) is 11.1 Å². The van der Waals surface area contributed by atoms with Crippen LogP contribution in [0, 0.1) is 6.07 Å². The largest absolute Gasteiger partial charge is 0.399 e. The molecule has 1 heteroatoms. The molecular weight excluding hydrogens is 158 g/mol. The molecule has 0 fully saturated rings. The highest BCUT2D eigenvalue weighted by molar-refractivity contribution is 5.65. The van der Waals surface area contributed by atoms with E-state index in [0.29, 0.717) is 0 Å². The molecule has 0 heterocycles. The van der Waals surface area contributed by atoms with Crippen LogP contribution in [0.15, 0.2) is 48.5 Å². The van der Waals surface area contributed by atoms with E-state index in [2.05, 4.69) is 6.07 Å². The number of anilines is 1. The molecule has 0 bridgehead atoms. The number of hydrogen-bond donors (Lipinski definition) is 1. The molecule has 0 aliphatic carbocycles. The Labute approximate surface area is 77.8 Å². The van der Waals surface area contributed by atoms with Gasteiger partial charge in [-0.15, -0.1) is 0 Å². The van der Waals surface area contributed by atoms with E-state index in [-0.39, 0.29) is 0 Å². The molecule has 0 amide bonds. The normalized spacial score (nSPS) is 9.85. The second-order valence-electron chi connectivity index (χ2n) is 2.91. The highest BCUT2D eigenvalue weighted by Crippen LogP contribution is 2.19. The van der Waals surface area contributed by atoms with Crippen LogP contribution in [-0.2, 0) is 0 Å². The van der Waals surface area contributed by atoms with E-state index in [1.165, 1.54) is 11.1 Å². The average molecular weight is 168 g/mol. The fourth-order valence-corrected chi connectivity index (χ4v) is 1.25. The van der Waals surface area contributed by atoms with Gasteiger partial charge in [0.15, 0.2) is 0 Å². The van der Waals surface area contributed by atoms with Crippen molar-refractivity contribution in [3.05, 3.63) is 54.6 Å². The van der Waals surface area contributed by atoms with Crippen LogP contribution in [0.3, 0.4) is 0 Å². The molecule has 1 nitrogen and oxygen atoms in total. The summed E-state index contributed by atoms with van der Waals surface area (Å²) in [4.78, 5) is 0. The smallest absolute Gasteiger partial charge is 0.0314 e. The van der Waals surface area contributed by atoms with Crippen molar-refractivity contribution >= 4 is 5.69 Å². The van der Waals surface area contributed by atoms with Gasteiger partial charge in [-0.1, -0.05) is 36.4 Å². The Morgan fingerprint density at radius 2 is 1.31 bits per heavy atom. The van der Waals surface area contributed by atoms with Crippen molar-refractivity contribution in [2.75, 3.05) is 5.73 Å². The van der Waals surface area contributed by atoms with Gasteiger partial charge in [-0.2, -0.15) is 0 Å². The number of nitrogens with two attached hydrogens (primary N) is 1. The van der Waals surface area contributed by atoms with Gasteiger partial charge in [0.1, 0.15) is 0 Å². The van der Waals surface area contributed by atoms with Crippen molar-refractivity contribution in [2.24, 2.45) is 0 Å². The SMILES string of the molecule is Nc1ccc(-c2cc[c]cc2)cc1. The molecule has 13 heavy (non-hydrogen) atoms. The maximum atomic E-state index is 5.60. The second kappa shape index (κ2) is 3.31. The molecule has 0 aliphatic rings. The lowest BCUT2D eigenvalue weighted by Crippen LogP contribution is -1.83. The third-order valence-electron chi connectivity index (χ3n) is 1.96. The van der Waals surface area contributed by atoms with Gasteiger partial charge in [-0.3, -0.25) is 0 Å². The van der Waals surface area contributed by atoms with Gasteiger partial charge >= 0.3 is 0 Å². The fraction of sp³-hybridized carbons (Fsp3) is 0. The second-order valence-corrected chi connectivity index (χ2v) is 2.91. The van der Waals surface area contributed by atoms with Crippen molar-refractivity contribution in [2.45, 2.75) is 0 Å². The Morgan fingerprint density at radius 3 is 1.92 bits per heavy atom. The first kappa shape index (κ1) is 7.87. The van der Waals surface area contributed by atoms with Crippen molar-refractivity contribution < 1.29 is 0 Å². The third kappa shape index (κ3) is 1.70. The first-order chi connectivity index (χ1) is 6.36. The van der Waals surface area contributed by atoms with E-state index >= 15 is 0 Å². The predicted molar refractivity (Wildman–Crippen MR) is 55.1 cm³/mol. The Hall–Kier alpha value is -1.76. The highest BCUT2D eigenvalue weighted by atomic mass is 14.5. The lowest BCUT2D eigenvalue weighted by molar-refractivity contribution is 1.61. The molecule has 2 N–H and O–H groups in total. The van der Waals surface area contributed by atoms with E-state index in [9.17, 15) is 0 Å². The molecule has 0 aliphatic heterocycles. The summed E-state index contributed by atoms with van der Waals surface area (Å²) in [7, 11) is 0. The summed E-state index contributed by atoms with van der Waals surface area (Å²) >= 11 is 0. The average Bonchev–Trinajstić information content (AvgIpc) is 2.20. The van der Waals surface area contributed by atoms with Gasteiger partial charge in [0.05, 0.1) is 0 Å². The lowest BCUT2D eigenvalue weighted by Gasteiger charge is -2.00. The zero-order valence-electron chi connectivity index (χ0n) is 7.20. The van der Waals surface area contributed by atoms with Crippen molar-refractivity contribution in [1.82, 2.24) is 0 Å². The first-order valence-corrected chi connectivity index (χ1v) is 4.18. The van der Waals surface area contributed by atoms with Crippen LogP contribution in [0.4, 0.5) is 5.69 Å². The van der Waals surface area contributed by atoms with Crippen LogP contribution >= 0.6 is 0 Å². The summed E-state index contributed by atoms with van der Waals surface area (Å²) in [5.74, 6) is 0. The highest BCUT2D eigenvalue weighted by Gasteiger charge is 1.94. The molecule has 1 radical (unpaired) electrons. The van der Waals surface area contributed by atoms with Gasteiger partial charge in [0, 0.05) is 5.69 Å². The molecule has 0 atom stereocenters. The maximum Gasteiger partial charge on any atom is 0.0314 e. The van der Waals surface area contributed by atoms with Crippen molar-refractivity contribution in [3.63, 3.8) is 0 Å². The van der Waals surface area contributed by atoms with E-state index in [1.54, 1.807) is 0 Å². The third-order valence-corrected chi connectivity index (χ3v) is 1.96. The van der Waals surface area contributed by atoms with E-state index < -0.39 is 0 Å². The molecule has 2 aromatic rings. The number of nitrogen functional groups attached to an aromatic ring is 1. The molecule has 0 spiro atoms. The minimum Gasteiger partial charge on any atom is -0.399 e. The first-order valence-electron chi connectivity index (χ1n) is 4.18. The summed E-state index contributed by atoms with van der Waals surface area (Å²) < 4.78 is 0. The zero-order valence-corrected chi connectivity index (χ0v) is 7.20. The van der Waals surface area contributed by atoms with Crippen LogP contribution in [-0.4, -0.2) is 0 Å². The summed E-state index contributed by atoms with van der Waals surface area (Å²) in [6, 6.07) is 18.7. The summed E-state index contributed by atoms with van der Waals surface area (Å²) in [5.41, 5.74) is 8.77. The molecule has 0 aromatic heterocycles. The topological polar surface area (TPSA) is 26.0 Å². The Balaban J connectivity index is 2.42. The standard InChI is InChI=1S/C12H10N/c13-12-8-6-11(7-9-12)10-4-2-1-3-5-10/h2-9H,13H2. The van der Waals surface area contributed by atoms with Crippen LogP contribution < -0.4 is 5.73 Å². The van der Waals surface area contributed by atoms with E-state index in [1.807, 2.05) is 48.5 Å². The number of benzene rings is 2. The maximum absolute atomic E-state index is 5.60. The minimum absolute atomic E-state index is 0.797. The molecule has 2 rings (SSSR count). The van der Waals surface area contributed by atoms with Gasteiger partial charge in [-0.25, -0.2) is 0 Å². The Morgan fingerprint density at radius 1 is 0.769 bits per heavy atom. The quantitative estimate of drug-likeness (QED) is 0.651. The Bertz CT molecular complexity index is 376. The van der Waals surface area contributed by atoms with Crippen molar-refractivity contribution in [3.8, 4) is 11.1 Å². The summed E-state index contributed by atoms with van der Waals surface area (Å²) in [6.45, 7) is 0. The minimum atomic E-state index is 0.797.